The van der Waals surface area contributed by atoms with Gasteiger partial charge < -0.3 is 5.11 Å². The SMILES string of the molecule is C=C1CCC2(O)CC1C2(C)CCC=C(C)C. The minimum absolute atomic E-state index is 0.0916. The summed E-state index contributed by atoms with van der Waals surface area (Å²) in [4.78, 5) is 0. The van der Waals surface area contributed by atoms with Gasteiger partial charge in [0.2, 0.25) is 0 Å². The molecule has 0 heterocycles. The van der Waals surface area contributed by atoms with Crippen LogP contribution >= 0.6 is 0 Å². The topological polar surface area (TPSA) is 20.2 Å². The second kappa shape index (κ2) is 3.73. The van der Waals surface area contributed by atoms with Crippen molar-refractivity contribution < 1.29 is 5.11 Å². The van der Waals surface area contributed by atoms with Gasteiger partial charge in [0.25, 0.3) is 0 Å². The predicted molar refractivity (Wildman–Crippen MR) is 68.2 cm³/mol. The molecule has 0 saturated heterocycles. The zero-order valence-corrected chi connectivity index (χ0v) is 10.8. The number of aliphatic hydroxyl groups is 1. The molecule has 1 heteroatoms. The van der Waals surface area contributed by atoms with Crippen LogP contribution in [0, 0.1) is 11.3 Å². The van der Waals surface area contributed by atoms with Gasteiger partial charge in [-0.2, -0.15) is 0 Å². The first-order chi connectivity index (χ1) is 7.39. The van der Waals surface area contributed by atoms with Gasteiger partial charge in [-0.25, -0.2) is 0 Å². The Labute approximate surface area is 99.3 Å². The van der Waals surface area contributed by atoms with Gasteiger partial charge in [0.15, 0.2) is 0 Å². The Balaban J connectivity index is 2.07. The number of hydrogen-bond acceptors (Lipinski definition) is 1. The lowest BCUT2D eigenvalue weighted by Gasteiger charge is -2.65. The van der Waals surface area contributed by atoms with E-state index in [1.165, 1.54) is 11.1 Å². The molecule has 3 atom stereocenters. The molecule has 0 aromatic heterocycles. The maximum absolute atomic E-state index is 10.6. The molecule has 0 radical (unpaired) electrons. The van der Waals surface area contributed by atoms with E-state index in [1.54, 1.807) is 0 Å². The third kappa shape index (κ3) is 1.57. The van der Waals surface area contributed by atoms with E-state index in [-0.39, 0.29) is 5.41 Å². The van der Waals surface area contributed by atoms with Crippen molar-refractivity contribution in [1.82, 2.24) is 0 Å². The van der Waals surface area contributed by atoms with Crippen LogP contribution in [0.4, 0.5) is 0 Å². The summed E-state index contributed by atoms with van der Waals surface area (Å²) in [6.45, 7) is 10.7. The Kier molecular flexibility index (Phi) is 2.78. The number of hydrogen-bond donors (Lipinski definition) is 1. The highest BCUT2D eigenvalue weighted by atomic mass is 16.3. The molecule has 90 valence electrons. The molecule has 3 aliphatic rings. The van der Waals surface area contributed by atoms with E-state index in [9.17, 15) is 5.11 Å². The fourth-order valence-corrected chi connectivity index (χ4v) is 3.58. The van der Waals surface area contributed by atoms with E-state index >= 15 is 0 Å². The van der Waals surface area contributed by atoms with E-state index < -0.39 is 5.60 Å². The van der Waals surface area contributed by atoms with E-state index in [2.05, 4.69) is 33.4 Å². The highest BCUT2D eigenvalue weighted by Gasteiger charge is 2.63. The van der Waals surface area contributed by atoms with Gasteiger partial charge in [0.05, 0.1) is 5.60 Å². The predicted octanol–water partition coefficient (Wildman–Crippen LogP) is 3.84. The molecule has 1 N–H and O–H groups in total. The summed E-state index contributed by atoms with van der Waals surface area (Å²) in [5.74, 6) is 0.566. The first-order valence-electron chi connectivity index (χ1n) is 6.42. The van der Waals surface area contributed by atoms with Gasteiger partial charge in [-0.15, -0.1) is 0 Å². The molecule has 0 amide bonds. The quantitative estimate of drug-likeness (QED) is 0.716. The summed E-state index contributed by atoms with van der Waals surface area (Å²) >= 11 is 0. The molecule has 0 spiro atoms. The van der Waals surface area contributed by atoms with E-state index in [1.807, 2.05) is 0 Å². The van der Waals surface area contributed by atoms with Gasteiger partial charge in [-0.3, -0.25) is 0 Å². The van der Waals surface area contributed by atoms with Crippen molar-refractivity contribution in [2.75, 3.05) is 0 Å². The van der Waals surface area contributed by atoms with Crippen molar-refractivity contribution in [2.45, 2.75) is 58.5 Å². The molecule has 0 aromatic carbocycles. The van der Waals surface area contributed by atoms with Crippen LogP contribution in [0.1, 0.15) is 52.9 Å². The lowest BCUT2D eigenvalue weighted by Crippen LogP contribution is -2.65. The third-order valence-corrected chi connectivity index (χ3v) is 4.94. The maximum Gasteiger partial charge on any atom is 0.0715 e. The Bertz CT molecular complexity index is 333. The van der Waals surface area contributed by atoms with Crippen molar-refractivity contribution in [3.8, 4) is 0 Å². The van der Waals surface area contributed by atoms with Crippen molar-refractivity contribution in [2.24, 2.45) is 11.3 Å². The van der Waals surface area contributed by atoms with Crippen LogP contribution in [0.25, 0.3) is 0 Å². The van der Waals surface area contributed by atoms with Crippen LogP contribution in [-0.2, 0) is 0 Å². The lowest BCUT2D eigenvalue weighted by atomic mass is 9.42. The van der Waals surface area contributed by atoms with Crippen molar-refractivity contribution in [3.63, 3.8) is 0 Å². The van der Waals surface area contributed by atoms with Gasteiger partial charge in [0.1, 0.15) is 0 Å². The monoisotopic (exact) mass is 220 g/mol. The summed E-state index contributed by atoms with van der Waals surface area (Å²) in [5, 5.41) is 10.6. The minimum Gasteiger partial charge on any atom is -0.389 e. The van der Waals surface area contributed by atoms with Crippen molar-refractivity contribution in [1.29, 1.82) is 0 Å². The molecule has 3 aliphatic carbocycles. The molecule has 0 aliphatic heterocycles. The molecule has 2 bridgehead atoms. The van der Waals surface area contributed by atoms with Gasteiger partial charge in [0, 0.05) is 5.41 Å². The van der Waals surface area contributed by atoms with Gasteiger partial charge in [-0.1, -0.05) is 30.7 Å². The fraction of sp³-hybridized carbons (Fsp3) is 0.733. The van der Waals surface area contributed by atoms with Crippen LogP contribution in [0.3, 0.4) is 0 Å². The zero-order chi connectivity index (χ0) is 12.0. The zero-order valence-electron chi connectivity index (χ0n) is 10.8. The van der Waals surface area contributed by atoms with E-state index in [4.69, 9.17) is 0 Å². The maximum atomic E-state index is 10.6. The third-order valence-electron chi connectivity index (χ3n) is 4.94. The molecule has 3 saturated carbocycles. The Morgan fingerprint density at radius 3 is 2.81 bits per heavy atom. The van der Waals surface area contributed by atoms with Gasteiger partial charge >= 0.3 is 0 Å². The normalized spacial score (nSPS) is 41.5. The van der Waals surface area contributed by atoms with Crippen LogP contribution in [0.15, 0.2) is 23.8 Å². The molecule has 3 fully saturated rings. The minimum atomic E-state index is -0.395. The summed E-state index contributed by atoms with van der Waals surface area (Å²) in [7, 11) is 0. The highest BCUT2D eigenvalue weighted by molar-refractivity contribution is 5.27. The lowest BCUT2D eigenvalue weighted by molar-refractivity contribution is -0.215. The molecular formula is C15H24O. The molecule has 0 aromatic rings. The summed E-state index contributed by atoms with van der Waals surface area (Å²) < 4.78 is 0. The highest BCUT2D eigenvalue weighted by Crippen LogP contribution is 2.65. The molecule has 1 nitrogen and oxygen atoms in total. The van der Waals surface area contributed by atoms with Crippen LogP contribution in [0.2, 0.25) is 0 Å². The molecular weight excluding hydrogens is 196 g/mol. The van der Waals surface area contributed by atoms with E-state index in [0.717, 1.165) is 32.1 Å². The summed E-state index contributed by atoms with van der Waals surface area (Å²) in [6, 6.07) is 0. The van der Waals surface area contributed by atoms with Crippen molar-refractivity contribution in [3.05, 3.63) is 23.8 Å². The van der Waals surface area contributed by atoms with Gasteiger partial charge in [-0.05, 0) is 51.9 Å². The second-order valence-corrected chi connectivity index (χ2v) is 6.18. The molecule has 3 rings (SSSR count). The average Bonchev–Trinajstić information content (AvgIpc) is 2.20. The molecule has 16 heavy (non-hydrogen) atoms. The Morgan fingerprint density at radius 1 is 1.56 bits per heavy atom. The van der Waals surface area contributed by atoms with Crippen molar-refractivity contribution >= 4 is 0 Å². The average molecular weight is 220 g/mol. The second-order valence-electron chi connectivity index (χ2n) is 6.18. The van der Waals surface area contributed by atoms with Crippen LogP contribution < -0.4 is 0 Å². The largest absolute Gasteiger partial charge is 0.389 e. The summed E-state index contributed by atoms with van der Waals surface area (Å²) in [5.41, 5.74) is 2.44. The van der Waals surface area contributed by atoms with E-state index in [0.29, 0.717) is 5.92 Å². The number of fused-ring (bicyclic) bond motifs is 2. The standard InChI is InChI=1S/C15H24O/c1-11(2)6-5-8-14(4)13-10-15(14,16)9-7-12(13)3/h6,13,16H,3,5,7-10H2,1-2,4H3. The Morgan fingerprint density at radius 2 is 2.25 bits per heavy atom. The van der Waals surface area contributed by atoms with Crippen LogP contribution in [-0.4, -0.2) is 10.7 Å². The Hall–Kier alpha value is -0.560. The first-order valence-corrected chi connectivity index (χ1v) is 6.42. The smallest absolute Gasteiger partial charge is 0.0715 e. The fourth-order valence-electron chi connectivity index (χ4n) is 3.58. The van der Waals surface area contributed by atoms with Crippen LogP contribution in [0.5, 0.6) is 0 Å². The number of rotatable bonds is 3. The molecule has 3 unspecified atom stereocenters. The summed E-state index contributed by atoms with van der Waals surface area (Å²) in [6.07, 6.45) is 7.37. The number of allylic oxidation sites excluding steroid dienone is 3. The first kappa shape index (κ1) is 11.9.